The SMILES string of the molecule is CC(C)=CCNC(=O)Nc1c(Br)cccc1C(=O)O. The maximum absolute atomic E-state index is 11.7. The Balaban J connectivity index is 2.79. The molecule has 0 unspecified atom stereocenters. The lowest BCUT2D eigenvalue weighted by molar-refractivity contribution is 0.0698. The number of hydrogen-bond acceptors (Lipinski definition) is 2. The zero-order valence-electron chi connectivity index (χ0n) is 10.7. The van der Waals surface area contributed by atoms with Crippen molar-refractivity contribution in [2.75, 3.05) is 11.9 Å². The van der Waals surface area contributed by atoms with Crippen LogP contribution in [0.4, 0.5) is 10.5 Å². The fourth-order valence-corrected chi connectivity index (χ4v) is 1.80. The second-order valence-corrected chi connectivity index (χ2v) is 4.94. The number of carbonyl (C=O) groups excluding carboxylic acids is 1. The number of carbonyl (C=O) groups is 2. The molecule has 1 aromatic rings. The first kappa shape index (κ1) is 15.2. The Morgan fingerprint density at radius 3 is 2.63 bits per heavy atom. The third kappa shape index (κ3) is 4.75. The van der Waals surface area contributed by atoms with Crippen molar-refractivity contribution in [3.63, 3.8) is 0 Å². The average Bonchev–Trinajstić information content (AvgIpc) is 2.30. The van der Waals surface area contributed by atoms with Gasteiger partial charge in [-0.2, -0.15) is 0 Å². The molecule has 6 heteroatoms. The van der Waals surface area contributed by atoms with Gasteiger partial charge in [0.05, 0.1) is 11.3 Å². The van der Waals surface area contributed by atoms with Gasteiger partial charge in [0.15, 0.2) is 0 Å². The van der Waals surface area contributed by atoms with Crippen molar-refractivity contribution >= 4 is 33.6 Å². The summed E-state index contributed by atoms with van der Waals surface area (Å²) >= 11 is 3.22. The number of carboxylic acids is 1. The van der Waals surface area contributed by atoms with Gasteiger partial charge in [-0.05, 0) is 41.9 Å². The fourth-order valence-electron chi connectivity index (χ4n) is 1.33. The molecule has 5 nitrogen and oxygen atoms in total. The third-order valence-electron chi connectivity index (χ3n) is 2.26. The Hall–Kier alpha value is -1.82. The third-order valence-corrected chi connectivity index (χ3v) is 2.92. The number of carboxylic acid groups (broad SMARTS) is 1. The van der Waals surface area contributed by atoms with Crippen LogP contribution in [0, 0.1) is 0 Å². The van der Waals surface area contributed by atoms with Gasteiger partial charge < -0.3 is 15.7 Å². The molecule has 0 bridgehead atoms. The molecule has 0 atom stereocenters. The number of urea groups is 1. The molecular weight excluding hydrogens is 312 g/mol. The molecule has 0 radical (unpaired) electrons. The van der Waals surface area contributed by atoms with E-state index in [1.807, 2.05) is 19.9 Å². The number of hydrogen-bond donors (Lipinski definition) is 3. The predicted octanol–water partition coefficient (Wildman–Crippen LogP) is 3.24. The summed E-state index contributed by atoms with van der Waals surface area (Å²) < 4.78 is 0.518. The van der Waals surface area contributed by atoms with Gasteiger partial charge >= 0.3 is 12.0 Å². The first-order valence-corrected chi connectivity index (χ1v) is 6.41. The summed E-state index contributed by atoms with van der Waals surface area (Å²) in [5.41, 5.74) is 1.36. The molecule has 2 amide bonds. The monoisotopic (exact) mass is 326 g/mol. The van der Waals surface area contributed by atoms with E-state index in [4.69, 9.17) is 5.11 Å². The van der Waals surface area contributed by atoms with E-state index in [2.05, 4.69) is 26.6 Å². The summed E-state index contributed by atoms with van der Waals surface area (Å²) in [5.74, 6) is -1.10. The molecule has 0 saturated carbocycles. The minimum atomic E-state index is -1.10. The molecule has 3 N–H and O–H groups in total. The molecule has 19 heavy (non-hydrogen) atoms. The Labute approximate surface area is 119 Å². The minimum Gasteiger partial charge on any atom is -0.478 e. The molecule has 0 aromatic heterocycles. The number of benzene rings is 1. The summed E-state index contributed by atoms with van der Waals surface area (Å²) in [5, 5.41) is 14.2. The number of aromatic carboxylic acids is 1. The summed E-state index contributed by atoms with van der Waals surface area (Å²) in [4.78, 5) is 22.7. The van der Waals surface area contributed by atoms with E-state index in [-0.39, 0.29) is 11.3 Å². The van der Waals surface area contributed by atoms with Crippen LogP contribution in [0.2, 0.25) is 0 Å². The summed E-state index contributed by atoms with van der Waals surface area (Å²) in [6.45, 7) is 4.24. The number of allylic oxidation sites excluding steroid dienone is 1. The van der Waals surface area contributed by atoms with Crippen molar-refractivity contribution in [1.29, 1.82) is 0 Å². The van der Waals surface area contributed by atoms with Crippen LogP contribution in [-0.2, 0) is 0 Å². The van der Waals surface area contributed by atoms with Gasteiger partial charge in [0, 0.05) is 11.0 Å². The van der Waals surface area contributed by atoms with E-state index in [9.17, 15) is 9.59 Å². The smallest absolute Gasteiger partial charge is 0.337 e. The van der Waals surface area contributed by atoms with Gasteiger partial charge in [-0.1, -0.05) is 17.7 Å². The Morgan fingerprint density at radius 2 is 2.05 bits per heavy atom. The van der Waals surface area contributed by atoms with Gasteiger partial charge in [-0.3, -0.25) is 0 Å². The first-order valence-electron chi connectivity index (χ1n) is 5.62. The van der Waals surface area contributed by atoms with Gasteiger partial charge in [0.2, 0.25) is 0 Å². The average molecular weight is 327 g/mol. The molecule has 0 fully saturated rings. The van der Waals surface area contributed by atoms with Crippen LogP contribution < -0.4 is 10.6 Å². The zero-order valence-corrected chi connectivity index (χ0v) is 12.2. The first-order chi connectivity index (χ1) is 8.91. The molecular formula is C13H15BrN2O3. The van der Waals surface area contributed by atoms with Crippen molar-refractivity contribution < 1.29 is 14.7 Å². The fraction of sp³-hybridized carbons (Fsp3) is 0.231. The minimum absolute atomic E-state index is 0.0340. The highest BCUT2D eigenvalue weighted by Crippen LogP contribution is 2.26. The molecule has 102 valence electrons. The highest BCUT2D eigenvalue weighted by molar-refractivity contribution is 9.10. The van der Waals surface area contributed by atoms with Gasteiger partial charge in [0.1, 0.15) is 0 Å². The van der Waals surface area contributed by atoms with E-state index >= 15 is 0 Å². The summed E-state index contributed by atoms with van der Waals surface area (Å²) in [7, 11) is 0. The Bertz CT molecular complexity index is 523. The molecule has 0 spiro atoms. The topological polar surface area (TPSA) is 78.4 Å². The number of halogens is 1. The molecule has 0 heterocycles. The van der Waals surface area contributed by atoms with Crippen molar-refractivity contribution in [1.82, 2.24) is 5.32 Å². The van der Waals surface area contributed by atoms with Crippen LogP contribution in [0.15, 0.2) is 34.3 Å². The molecule has 1 aromatic carbocycles. The van der Waals surface area contributed by atoms with Crippen LogP contribution in [-0.4, -0.2) is 23.7 Å². The van der Waals surface area contributed by atoms with Crippen LogP contribution in [0.1, 0.15) is 24.2 Å². The molecule has 0 saturated heterocycles. The Kier molecular flexibility index (Phi) is 5.57. The summed E-state index contributed by atoms with van der Waals surface area (Å²) in [6.07, 6.45) is 1.86. The lowest BCUT2D eigenvalue weighted by Crippen LogP contribution is -2.29. The van der Waals surface area contributed by atoms with Crippen LogP contribution in [0.3, 0.4) is 0 Å². The van der Waals surface area contributed by atoms with Gasteiger partial charge in [-0.15, -0.1) is 0 Å². The standard InChI is InChI=1S/C13H15BrN2O3/c1-8(2)6-7-15-13(19)16-11-9(12(17)18)4-3-5-10(11)14/h3-6H,7H2,1-2H3,(H,17,18)(H2,15,16,19). The van der Waals surface area contributed by atoms with Crippen LogP contribution in [0.25, 0.3) is 0 Å². The maximum atomic E-state index is 11.7. The highest BCUT2D eigenvalue weighted by Gasteiger charge is 2.14. The number of anilines is 1. The number of para-hydroxylation sites is 1. The second-order valence-electron chi connectivity index (χ2n) is 4.08. The van der Waals surface area contributed by atoms with Crippen molar-refractivity contribution in [2.24, 2.45) is 0 Å². The van der Waals surface area contributed by atoms with Crippen molar-refractivity contribution in [3.05, 3.63) is 39.9 Å². The predicted molar refractivity (Wildman–Crippen MR) is 77.6 cm³/mol. The molecule has 0 aliphatic heterocycles. The van der Waals surface area contributed by atoms with E-state index in [0.717, 1.165) is 5.57 Å². The second kappa shape index (κ2) is 6.94. The van der Waals surface area contributed by atoms with E-state index < -0.39 is 12.0 Å². The number of nitrogens with one attached hydrogen (secondary N) is 2. The number of rotatable bonds is 4. The Morgan fingerprint density at radius 1 is 1.37 bits per heavy atom. The van der Waals surface area contributed by atoms with E-state index in [1.54, 1.807) is 12.1 Å². The van der Waals surface area contributed by atoms with Gasteiger partial charge in [0.25, 0.3) is 0 Å². The number of amides is 2. The highest BCUT2D eigenvalue weighted by atomic mass is 79.9. The van der Waals surface area contributed by atoms with Crippen LogP contribution in [0.5, 0.6) is 0 Å². The van der Waals surface area contributed by atoms with Gasteiger partial charge in [-0.25, -0.2) is 9.59 Å². The van der Waals surface area contributed by atoms with Crippen molar-refractivity contribution in [3.8, 4) is 0 Å². The quantitative estimate of drug-likeness (QED) is 0.743. The molecule has 0 aliphatic rings. The zero-order chi connectivity index (χ0) is 14.4. The summed E-state index contributed by atoms with van der Waals surface area (Å²) in [6, 6.07) is 4.24. The van der Waals surface area contributed by atoms with Crippen LogP contribution >= 0.6 is 15.9 Å². The van der Waals surface area contributed by atoms with E-state index in [0.29, 0.717) is 11.0 Å². The normalized spacial score (nSPS) is 9.63. The molecule has 0 aliphatic carbocycles. The van der Waals surface area contributed by atoms with E-state index in [1.165, 1.54) is 6.07 Å². The maximum Gasteiger partial charge on any atom is 0.337 e. The lowest BCUT2D eigenvalue weighted by atomic mass is 10.2. The lowest BCUT2D eigenvalue weighted by Gasteiger charge is -2.10. The molecule has 1 rings (SSSR count). The van der Waals surface area contributed by atoms with Crippen molar-refractivity contribution in [2.45, 2.75) is 13.8 Å². The largest absolute Gasteiger partial charge is 0.478 e.